The molecule has 1 aromatic carbocycles. The topological polar surface area (TPSA) is 32.3 Å². The molecule has 1 aliphatic heterocycles. The predicted octanol–water partition coefficient (Wildman–Crippen LogP) is 2.92. The number of piperidine rings is 1. The molecule has 2 fully saturated rings. The van der Waals surface area contributed by atoms with E-state index in [0.29, 0.717) is 12.1 Å². The van der Waals surface area contributed by atoms with Crippen LogP contribution in [0.4, 0.5) is 8.78 Å². The Morgan fingerprint density at radius 2 is 2.05 bits per heavy atom. The monoisotopic (exact) mass is 267 g/mol. The Balaban J connectivity index is 1.94. The van der Waals surface area contributed by atoms with Gasteiger partial charge in [0.1, 0.15) is 11.6 Å². The Morgan fingerprint density at radius 1 is 1.21 bits per heavy atom. The Hall–Kier alpha value is -1.00. The maximum atomic E-state index is 14.0. The molecule has 2 nitrogen and oxygen atoms in total. The number of hydrogen-bond acceptors (Lipinski definition) is 2. The highest BCUT2D eigenvalue weighted by molar-refractivity contribution is 5.25. The van der Waals surface area contributed by atoms with Crippen LogP contribution in [0.3, 0.4) is 0 Å². The van der Waals surface area contributed by atoms with Gasteiger partial charge in [-0.2, -0.15) is 0 Å². The number of nitrogens with one attached hydrogen (secondary N) is 1. The Morgan fingerprint density at radius 3 is 2.84 bits per heavy atom. The summed E-state index contributed by atoms with van der Waals surface area (Å²) in [5.74, 6) is -1.06. The van der Waals surface area contributed by atoms with Crippen molar-refractivity contribution in [1.82, 2.24) is 5.32 Å². The second-order valence-corrected chi connectivity index (χ2v) is 5.80. The molecule has 0 amide bonds. The minimum atomic E-state index is -0.686. The van der Waals surface area contributed by atoms with Crippen LogP contribution in [0.2, 0.25) is 0 Å². The van der Waals surface area contributed by atoms with Crippen LogP contribution in [0.1, 0.15) is 43.7 Å². The van der Waals surface area contributed by atoms with Crippen molar-refractivity contribution >= 4 is 0 Å². The molecule has 2 N–H and O–H groups in total. The van der Waals surface area contributed by atoms with Crippen LogP contribution in [-0.4, -0.2) is 17.3 Å². The largest absolute Gasteiger partial charge is 0.389 e. The minimum absolute atomic E-state index is 0.0231. The van der Waals surface area contributed by atoms with Crippen molar-refractivity contribution in [2.24, 2.45) is 5.92 Å². The summed E-state index contributed by atoms with van der Waals surface area (Å²) in [7, 11) is 0. The van der Waals surface area contributed by atoms with Crippen LogP contribution in [0.15, 0.2) is 18.2 Å². The highest BCUT2D eigenvalue weighted by atomic mass is 19.1. The molecule has 1 aliphatic carbocycles. The average Bonchev–Trinajstić information content (AvgIpc) is 2.37. The first-order valence-electron chi connectivity index (χ1n) is 7.01. The Bertz CT molecular complexity index is 475. The van der Waals surface area contributed by atoms with Gasteiger partial charge in [-0.25, -0.2) is 8.78 Å². The number of benzene rings is 1. The highest BCUT2D eigenvalue weighted by Crippen LogP contribution is 2.45. The van der Waals surface area contributed by atoms with E-state index in [1.807, 2.05) is 0 Å². The zero-order valence-corrected chi connectivity index (χ0v) is 10.8. The summed E-state index contributed by atoms with van der Waals surface area (Å²) in [4.78, 5) is 0. The molecule has 4 heteroatoms. The lowest BCUT2D eigenvalue weighted by Crippen LogP contribution is -2.53. The summed E-state index contributed by atoms with van der Waals surface area (Å²) in [6.45, 7) is 0.675. The molecule has 0 spiro atoms. The molecule has 0 aromatic heterocycles. The molecule has 3 atom stereocenters. The van der Waals surface area contributed by atoms with Crippen molar-refractivity contribution in [3.63, 3.8) is 0 Å². The van der Waals surface area contributed by atoms with E-state index in [1.54, 1.807) is 0 Å². The van der Waals surface area contributed by atoms with Crippen LogP contribution in [-0.2, 0) is 0 Å². The van der Waals surface area contributed by atoms with E-state index in [4.69, 9.17) is 0 Å². The molecule has 1 aromatic rings. The van der Waals surface area contributed by atoms with Gasteiger partial charge in [-0.3, -0.25) is 0 Å². The van der Waals surface area contributed by atoms with Crippen molar-refractivity contribution in [3.8, 4) is 0 Å². The molecule has 1 saturated carbocycles. The van der Waals surface area contributed by atoms with Gasteiger partial charge in [0.05, 0.1) is 5.60 Å². The van der Waals surface area contributed by atoms with E-state index >= 15 is 0 Å². The van der Waals surface area contributed by atoms with E-state index in [1.165, 1.54) is 12.1 Å². The van der Waals surface area contributed by atoms with Crippen LogP contribution in [0.25, 0.3) is 0 Å². The van der Waals surface area contributed by atoms with Gasteiger partial charge in [0.25, 0.3) is 0 Å². The van der Waals surface area contributed by atoms with Crippen LogP contribution < -0.4 is 5.32 Å². The Labute approximate surface area is 111 Å². The van der Waals surface area contributed by atoms with Gasteiger partial charge >= 0.3 is 0 Å². The predicted molar refractivity (Wildman–Crippen MR) is 68.6 cm³/mol. The number of halogens is 2. The fourth-order valence-corrected chi connectivity index (χ4v) is 3.70. The van der Waals surface area contributed by atoms with E-state index in [-0.39, 0.29) is 12.0 Å². The lowest BCUT2D eigenvalue weighted by Gasteiger charge is -2.48. The van der Waals surface area contributed by atoms with Crippen molar-refractivity contribution in [2.75, 3.05) is 6.54 Å². The summed E-state index contributed by atoms with van der Waals surface area (Å²) in [5.41, 5.74) is -0.207. The minimum Gasteiger partial charge on any atom is -0.389 e. The Kier molecular flexibility index (Phi) is 3.31. The van der Waals surface area contributed by atoms with Crippen molar-refractivity contribution < 1.29 is 13.9 Å². The average molecular weight is 267 g/mol. The van der Waals surface area contributed by atoms with E-state index in [0.717, 1.165) is 38.2 Å². The van der Waals surface area contributed by atoms with E-state index < -0.39 is 17.2 Å². The maximum absolute atomic E-state index is 14.0. The third-order valence-electron chi connectivity index (χ3n) is 4.69. The molecular formula is C15H19F2NO. The van der Waals surface area contributed by atoms with Gasteiger partial charge in [0.15, 0.2) is 0 Å². The van der Waals surface area contributed by atoms with E-state index in [9.17, 15) is 13.9 Å². The third-order valence-corrected chi connectivity index (χ3v) is 4.69. The number of hydrogen-bond donors (Lipinski definition) is 2. The van der Waals surface area contributed by atoms with E-state index in [2.05, 4.69) is 5.32 Å². The molecule has 104 valence electrons. The van der Waals surface area contributed by atoms with Gasteiger partial charge in [-0.15, -0.1) is 0 Å². The zero-order chi connectivity index (χ0) is 13.5. The molecule has 1 heterocycles. The van der Waals surface area contributed by atoms with Gasteiger partial charge < -0.3 is 10.4 Å². The molecule has 2 aliphatic rings. The van der Waals surface area contributed by atoms with Crippen LogP contribution in [0.5, 0.6) is 0 Å². The first-order valence-corrected chi connectivity index (χ1v) is 7.01. The fraction of sp³-hybridized carbons (Fsp3) is 0.600. The number of aliphatic hydroxyl groups is 1. The number of fused-ring (bicyclic) bond motifs is 1. The lowest BCUT2D eigenvalue weighted by atomic mass is 9.67. The lowest BCUT2D eigenvalue weighted by molar-refractivity contribution is -0.0865. The summed E-state index contributed by atoms with van der Waals surface area (Å²) in [6.07, 6.45) is 4.50. The van der Waals surface area contributed by atoms with Gasteiger partial charge in [0, 0.05) is 23.6 Å². The van der Waals surface area contributed by atoms with Gasteiger partial charge in [0.2, 0.25) is 0 Å². The fourth-order valence-electron chi connectivity index (χ4n) is 3.70. The number of rotatable bonds is 1. The quantitative estimate of drug-likeness (QED) is 0.820. The summed E-state index contributed by atoms with van der Waals surface area (Å²) >= 11 is 0. The SMILES string of the molecule is O[C@]12CCCC[C@@H]1[C@@H](c1ccc(F)cc1F)NCC2. The standard InChI is InChI=1S/C15H19F2NO/c16-10-4-5-11(13(17)9-10)14-12-3-1-2-6-15(12,19)7-8-18-14/h4-5,9,12,14,18-19H,1-3,6-8H2/t12-,14-,15+/m1/s1. The van der Waals surface area contributed by atoms with Crippen molar-refractivity contribution in [1.29, 1.82) is 0 Å². The molecule has 19 heavy (non-hydrogen) atoms. The summed E-state index contributed by atoms with van der Waals surface area (Å²) in [5, 5.41) is 14.0. The van der Waals surface area contributed by atoms with Gasteiger partial charge in [-0.05, 0) is 31.9 Å². The normalized spacial score (nSPS) is 34.9. The zero-order valence-electron chi connectivity index (χ0n) is 10.8. The second-order valence-electron chi connectivity index (χ2n) is 5.80. The van der Waals surface area contributed by atoms with Crippen molar-refractivity contribution in [3.05, 3.63) is 35.4 Å². The highest BCUT2D eigenvalue weighted by Gasteiger charge is 2.46. The summed E-state index contributed by atoms with van der Waals surface area (Å²) < 4.78 is 27.0. The van der Waals surface area contributed by atoms with Crippen molar-refractivity contribution in [2.45, 2.75) is 43.7 Å². The second kappa shape index (κ2) is 4.84. The van der Waals surface area contributed by atoms with Crippen LogP contribution in [0, 0.1) is 17.6 Å². The molecule has 1 saturated heterocycles. The van der Waals surface area contributed by atoms with Crippen LogP contribution >= 0.6 is 0 Å². The molecular weight excluding hydrogens is 248 g/mol. The van der Waals surface area contributed by atoms with Gasteiger partial charge in [-0.1, -0.05) is 18.9 Å². The molecule has 0 unspecified atom stereocenters. The first-order chi connectivity index (χ1) is 9.10. The summed E-state index contributed by atoms with van der Waals surface area (Å²) in [6, 6.07) is 3.51. The first kappa shape index (κ1) is 13.0. The maximum Gasteiger partial charge on any atom is 0.130 e. The third kappa shape index (κ3) is 2.28. The molecule has 0 radical (unpaired) electrons. The molecule has 0 bridgehead atoms. The smallest absolute Gasteiger partial charge is 0.130 e. The molecule has 3 rings (SSSR count).